The van der Waals surface area contributed by atoms with Crippen molar-refractivity contribution in [1.29, 1.82) is 0 Å². The smallest absolute Gasteiger partial charge is 0.265 e. The third-order valence-electron chi connectivity index (χ3n) is 6.21. The summed E-state index contributed by atoms with van der Waals surface area (Å²) in [5.41, 5.74) is 1.50. The quantitative estimate of drug-likeness (QED) is 0.647. The molecule has 0 radical (unpaired) electrons. The Hall–Kier alpha value is -3.11. The highest BCUT2D eigenvalue weighted by Gasteiger charge is 2.36. The predicted octanol–water partition coefficient (Wildman–Crippen LogP) is 3.15. The Balaban J connectivity index is 1.55. The second-order valence-corrected chi connectivity index (χ2v) is 10.4. The number of piperidine rings is 1. The zero-order chi connectivity index (χ0) is 24.5. The van der Waals surface area contributed by atoms with E-state index in [0.29, 0.717) is 54.2 Å². The summed E-state index contributed by atoms with van der Waals surface area (Å²) in [5.74, 6) is -0.115. The summed E-state index contributed by atoms with van der Waals surface area (Å²) in [6, 6.07) is 10.2. The standard InChI is InChI=1S/C24H29N3O6S/c1-4-19-24(29)26-18-12-15(2)22(13-21(18)33-19)34(30,31)27-11-7-8-16(14-27)23(28)25-17-9-5-6-10-20(17)32-3/h5-6,9-10,12-13,16,19H,4,7-8,11,14H2,1-3H3,(H,25,28)(H,26,29)/t16-,19+/m1/s1. The highest BCUT2D eigenvalue weighted by molar-refractivity contribution is 7.89. The molecule has 182 valence electrons. The lowest BCUT2D eigenvalue weighted by Crippen LogP contribution is -2.44. The molecule has 0 aliphatic carbocycles. The van der Waals surface area contributed by atoms with Gasteiger partial charge in [0.25, 0.3) is 5.91 Å². The van der Waals surface area contributed by atoms with E-state index in [1.54, 1.807) is 31.2 Å². The van der Waals surface area contributed by atoms with E-state index in [1.165, 1.54) is 17.5 Å². The number of sulfonamides is 1. The van der Waals surface area contributed by atoms with Crippen molar-refractivity contribution in [2.75, 3.05) is 30.8 Å². The van der Waals surface area contributed by atoms with Crippen LogP contribution in [0.5, 0.6) is 11.5 Å². The molecule has 2 aromatic rings. The molecule has 0 bridgehead atoms. The third kappa shape index (κ3) is 4.60. The second-order valence-electron chi connectivity index (χ2n) is 8.51. The van der Waals surface area contributed by atoms with Crippen molar-refractivity contribution in [3.8, 4) is 11.5 Å². The number of carbonyl (C=O) groups excluding carboxylic acids is 2. The number of para-hydroxylation sites is 2. The van der Waals surface area contributed by atoms with Crippen LogP contribution in [-0.4, -0.2) is 50.8 Å². The Morgan fingerprint density at radius 3 is 2.79 bits per heavy atom. The topological polar surface area (TPSA) is 114 Å². The molecule has 1 saturated heterocycles. The van der Waals surface area contributed by atoms with Gasteiger partial charge in [0.05, 0.1) is 29.3 Å². The number of hydrogen-bond acceptors (Lipinski definition) is 6. The number of nitrogens with zero attached hydrogens (tertiary/aromatic N) is 1. The largest absolute Gasteiger partial charge is 0.495 e. The van der Waals surface area contributed by atoms with E-state index in [2.05, 4.69) is 10.6 Å². The van der Waals surface area contributed by atoms with Gasteiger partial charge in [-0.05, 0) is 49.9 Å². The minimum Gasteiger partial charge on any atom is -0.495 e. The minimum atomic E-state index is -3.88. The van der Waals surface area contributed by atoms with Gasteiger partial charge in [-0.1, -0.05) is 19.1 Å². The molecule has 2 N–H and O–H groups in total. The molecule has 2 aromatic carbocycles. The Labute approximate surface area is 199 Å². The average molecular weight is 488 g/mol. The molecule has 2 heterocycles. The first-order valence-corrected chi connectivity index (χ1v) is 12.7. The van der Waals surface area contributed by atoms with Gasteiger partial charge in [0.1, 0.15) is 11.5 Å². The van der Waals surface area contributed by atoms with Gasteiger partial charge in [0.15, 0.2) is 6.10 Å². The van der Waals surface area contributed by atoms with Gasteiger partial charge < -0.3 is 20.1 Å². The first-order valence-electron chi connectivity index (χ1n) is 11.3. The van der Waals surface area contributed by atoms with Crippen molar-refractivity contribution in [3.63, 3.8) is 0 Å². The van der Waals surface area contributed by atoms with Crippen LogP contribution in [0, 0.1) is 12.8 Å². The van der Waals surface area contributed by atoms with Gasteiger partial charge in [-0.25, -0.2) is 8.42 Å². The summed E-state index contributed by atoms with van der Waals surface area (Å²) >= 11 is 0. The molecule has 2 aliphatic heterocycles. The van der Waals surface area contributed by atoms with E-state index < -0.39 is 22.0 Å². The zero-order valence-corrected chi connectivity index (χ0v) is 20.3. The SMILES string of the molecule is CC[C@@H]1Oc2cc(S(=O)(=O)N3CCC[C@@H](C(=O)Nc4ccccc4OC)C3)c(C)cc2NC1=O. The van der Waals surface area contributed by atoms with Crippen molar-refractivity contribution in [2.24, 2.45) is 5.92 Å². The molecule has 9 nitrogen and oxygen atoms in total. The molecular formula is C24H29N3O6S. The van der Waals surface area contributed by atoms with Gasteiger partial charge >= 0.3 is 0 Å². The van der Waals surface area contributed by atoms with E-state index in [0.717, 1.165) is 0 Å². The number of carbonyl (C=O) groups is 2. The number of nitrogens with one attached hydrogen (secondary N) is 2. The molecule has 0 aromatic heterocycles. The average Bonchev–Trinajstić information content (AvgIpc) is 2.83. The van der Waals surface area contributed by atoms with Crippen LogP contribution >= 0.6 is 0 Å². The lowest BCUT2D eigenvalue weighted by atomic mass is 9.98. The molecule has 0 unspecified atom stereocenters. The number of methoxy groups -OCH3 is 1. The van der Waals surface area contributed by atoms with E-state index in [9.17, 15) is 18.0 Å². The van der Waals surface area contributed by atoms with Crippen molar-refractivity contribution < 1.29 is 27.5 Å². The monoisotopic (exact) mass is 487 g/mol. The number of aryl methyl sites for hydroxylation is 1. The molecule has 0 saturated carbocycles. The molecule has 4 rings (SSSR count). The Morgan fingerprint density at radius 1 is 1.29 bits per heavy atom. The first kappa shape index (κ1) is 24.0. The summed E-state index contributed by atoms with van der Waals surface area (Å²) in [6.07, 6.45) is 0.959. The Morgan fingerprint density at radius 2 is 2.06 bits per heavy atom. The third-order valence-corrected chi connectivity index (χ3v) is 8.21. The fraction of sp³-hybridized carbons (Fsp3) is 0.417. The summed E-state index contributed by atoms with van der Waals surface area (Å²) in [7, 11) is -2.35. The van der Waals surface area contributed by atoms with E-state index in [1.807, 2.05) is 13.0 Å². The van der Waals surface area contributed by atoms with Crippen LogP contribution in [0.3, 0.4) is 0 Å². The maximum Gasteiger partial charge on any atom is 0.265 e. The van der Waals surface area contributed by atoms with Crippen LogP contribution < -0.4 is 20.1 Å². The number of anilines is 2. The number of fused-ring (bicyclic) bond motifs is 1. The van der Waals surface area contributed by atoms with E-state index >= 15 is 0 Å². The summed E-state index contributed by atoms with van der Waals surface area (Å²) in [4.78, 5) is 25.2. The van der Waals surface area contributed by atoms with Gasteiger partial charge in [0.2, 0.25) is 15.9 Å². The number of ether oxygens (including phenoxy) is 2. The molecule has 10 heteroatoms. The number of benzene rings is 2. The van der Waals surface area contributed by atoms with E-state index in [-0.39, 0.29) is 23.3 Å². The molecule has 0 spiro atoms. The van der Waals surface area contributed by atoms with Crippen LogP contribution in [0.25, 0.3) is 0 Å². The van der Waals surface area contributed by atoms with Crippen LogP contribution in [0.4, 0.5) is 11.4 Å². The van der Waals surface area contributed by atoms with Gasteiger partial charge in [-0.15, -0.1) is 0 Å². The summed E-state index contributed by atoms with van der Waals surface area (Å²) in [5, 5.41) is 5.64. The maximum absolute atomic E-state index is 13.6. The normalized spacial score (nSPS) is 20.6. The molecule has 34 heavy (non-hydrogen) atoms. The van der Waals surface area contributed by atoms with Crippen LogP contribution in [0.1, 0.15) is 31.7 Å². The molecule has 2 amide bonds. The van der Waals surface area contributed by atoms with Crippen molar-refractivity contribution >= 4 is 33.2 Å². The molecular weight excluding hydrogens is 458 g/mol. The fourth-order valence-corrected chi connectivity index (χ4v) is 6.07. The van der Waals surface area contributed by atoms with Gasteiger partial charge in [0, 0.05) is 19.2 Å². The minimum absolute atomic E-state index is 0.0784. The molecule has 2 aliphatic rings. The lowest BCUT2D eigenvalue weighted by Gasteiger charge is -2.32. The maximum atomic E-state index is 13.6. The number of hydrogen-bond donors (Lipinski definition) is 2. The lowest BCUT2D eigenvalue weighted by molar-refractivity contribution is -0.123. The highest BCUT2D eigenvalue weighted by Crippen LogP contribution is 2.37. The van der Waals surface area contributed by atoms with Crippen molar-refractivity contribution in [1.82, 2.24) is 4.31 Å². The molecule has 1 fully saturated rings. The zero-order valence-electron chi connectivity index (χ0n) is 19.5. The Bertz CT molecular complexity index is 1210. The van der Waals surface area contributed by atoms with Crippen LogP contribution in [0.2, 0.25) is 0 Å². The van der Waals surface area contributed by atoms with Crippen molar-refractivity contribution in [3.05, 3.63) is 42.0 Å². The highest BCUT2D eigenvalue weighted by atomic mass is 32.2. The number of amides is 2. The summed E-state index contributed by atoms with van der Waals surface area (Å²) in [6.45, 7) is 3.91. The Kier molecular flexibility index (Phi) is 6.81. The summed E-state index contributed by atoms with van der Waals surface area (Å²) < 4.78 is 39.5. The van der Waals surface area contributed by atoms with Gasteiger partial charge in [-0.2, -0.15) is 4.31 Å². The fourth-order valence-electron chi connectivity index (χ4n) is 4.33. The van der Waals surface area contributed by atoms with Crippen molar-refractivity contribution in [2.45, 2.75) is 44.1 Å². The van der Waals surface area contributed by atoms with Crippen LogP contribution in [-0.2, 0) is 19.6 Å². The predicted molar refractivity (Wildman–Crippen MR) is 128 cm³/mol. The van der Waals surface area contributed by atoms with Crippen LogP contribution in [0.15, 0.2) is 41.3 Å². The second kappa shape index (κ2) is 9.63. The number of rotatable bonds is 6. The molecule has 2 atom stereocenters. The van der Waals surface area contributed by atoms with Gasteiger partial charge in [-0.3, -0.25) is 9.59 Å². The van der Waals surface area contributed by atoms with E-state index in [4.69, 9.17) is 9.47 Å². The first-order chi connectivity index (χ1) is 16.2.